The number of sulfonamides is 1. The minimum absolute atomic E-state index is 0.0201. The van der Waals surface area contributed by atoms with Gasteiger partial charge in [-0.25, -0.2) is 27.2 Å². The molecule has 3 rings (SSSR count). The molecule has 11 heteroatoms. The van der Waals surface area contributed by atoms with Gasteiger partial charge in [0.25, 0.3) is 10.0 Å². The van der Waals surface area contributed by atoms with Gasteiger partial charge in [-0.2, -0.15) is 0 Å². The lowest BCUT2D eigenvalue weighted by Gasteiger charge is -2.14. The summed E-state index contributed by atoms with van der Waals surface area (Å²) < 4.78 is 62.1. The molecular weight excluding hydrogens is 450 g/mol. The Labute approximate surface area is 182 Å². The van der Waals surface area contributed by atoms with Gasteiger partial charge in [0.1, 0.15) is 16.5 Å². The molecule has 0 amide bonds. The summed E-state index contributed by atoms with van der Waals surface area (Å²) in [6.45, 7) is 1.87. The van der Waals surface area contributed by atoms with Crippen LogP contribution in [0.1, 0.15) is 18.1 Å². The van der Waals surface area contributed by atoms with Gasteiger partial charge in [0, 0.05) is 17.4 Å². The fourth-order valence-corrected chi connectivity index (χ4v) is 3.92. The van der Waals surface area contributed by atoms with Gasteiger partial charge in [-0.1, -0.05) is 23.4 Å². The van der Waals surface area contributed by atoms with Crippen LogP contribution in [0.5, 0.6) is 5.75 Å². The van der Waals surface area contributed by atoms with Crippen molar-refractivity contribution in [3.8, 4) is 17.6 Å². The van der Waals surface area contributed by atoms with Gasteiger partial charge in [-0.15, -0.1) is 0 Å². The summed E-state index contributed by atoms with van der Waals surface area (Å²) in [5.74, 6) is 2.72. The highest BCUT2D eigenvalue weighted by molar-refractivity contribution is 7.92. The second kappa shape index (κ2) is 9.16. The zero-order valence-corrected chi connectivity index (χ0v) is 17.6. The fraction of sp³-hybridized carbons (Fsp3) is 0.100. The number of ether oxygens (including phenoxy) is 1. The van der Waals surface area contributed by atoms with Crippen molar-refractivity contribution >= 4 is 33.3 Å². The molecule has 0 fully saturated rings. The number of anilines is 2. The van der Waals surface area contributed by atoms with Crippen LogP contribution < -0.4 is 15.2 Å². The molecule has 0 aliphatic heterocycles. The number of benzene rings is 2. The van der Waals surface area contributed by atoms with E-state index in [2.05, 4.69) is 26.5 Å². The number of nitrogen functional groups attached to an aromatic ring is 1. The summed E-state index contributed by atoms with van der Waals surface area (Å²) in [5, 5.41) is 0.140. The normalized spacial score (nSPS) is 10.8. The highest BCUT2D eigenvalue weighted by atomic mass is 35.5. The third-order valence-electron chi connectivity index (χ3n) is 3.83. The number of halogens is 3. The van der Waals surface area contributed by atoms with Crippen molar-refractivity contribution < 1.29 is 21.9 Å². The highest BCUT2D eigenvalue weighted by Crippen LogP contribution is 2.30. The minimum Gasteiger partial charge on any atom is -0.492 e. The summed E-state index contributed by atoms with van der Waals surface area (Å²) in [7, 11) is -4.32. The van der Waals surface area contributed by atoms with E-state index in [0.717, 1.165) is 18.2 Å². The molecule has 3 aromatic rings. The Morgan fingerprint density at radius 1 is 1.16 bits per heavy atom. The summed E-state index contributed by atoms with van der Waals surface area (Å²) in [6.07, 6.45) is 2.57. The van der Waals surface area contributed by atoms with E-state index < -0.39 is 32.9 Å². The number of hydrogen-bond donors (Lipinski definition) is 2. The van der Waals surface area contributed by atoms with E-state index in [4.69, 9.17) is 22.1 Å². The first-order chi connectivity index (χ1) is 14.7. The number of hydrogen-bond acceptors (Lipinski definition) is 6. The maximum absolute atomic E-state index is 14.9. The Morgan fingerprint density at radius 3 is 2.55 bits per heavy atom. The van der Waals surface area contributed by atoms with Gasteiger partial charge in [-0.3, -0.25) is 4.72 Å². The molecule has 0 saturated carbocycles. The Morgan fingerprint density at radius 2 is 1.87 bits per heavy atom. The molecule has 160 valence electrons. The number of rotatable bonds is 5. The lowest BCUT2D eigenvalue weighted by molar-refractivity contribution is 0.331. The van der Waals surface area contributed by atoms with Gasteiger partial charge < -0.3 is 10.5 Å². The van der Waals surface area contributed by atoms with E-state index >= 15 is 0 Å². The lowest BCUT2D eigenvalue weighted by atomic mass is 10.1. The zero-order chi connectivity index (χ0) is 22.6. The third kappa shape index (κ3) is 5.20. The van der Waals surface area contributed by atoms with E-state index in [-0.39, 0.29) is 33.8 Å². The molecule has 0 spiro atoms. The van der Waals surface area contributed by atoms with Crippen LogP contribution in [0.3, 0.4) is 0 Å². The second-order valence-corrected chi connectivity index (χ2v) is 8.08. The molecule has 0 bridgehead atoms. The average Bonchev–Trinajstić information content (AvgIpc) is 2.73. The zero-order valence-electron chi connectivity index (χ0n) is 16.0. The standard InChI is InChI=1S/C20H15ClF2N4O3S/c1-2-30-17-8-4-13(21)9-18(17)31(28,29)27-16-7-6-15(22)14(19(16)23)5-3-12-10-25-20(24)26-11-12/h4,6-11,27H,2H2,1H3,(H2,24,25,26). The molecule has 0 aliphatic carbocycles. The van der Waals surface area contributed by atoms with Gasteiger partial charge in [0.05, 0.1) is 23.4 Å². The number of nitrogens with two attached hydrogens (primary N) is 1. The van der Waals surface area contributed by atoms with Crippen molar-refractivity contribution in [2.24, 2.45) is 0 Å². The van der Waals surface area contributed by atoms with E-state index in [9.17, 15) is 17.2 Å². The molecular formula is C20H15ClF2N4O3S. The van der Waals surface area contributed by atoms with Crippen LogP contribution in [-0.4, -0.2) is 25.0 Å². The molecule has 0 atom stereocenters. The van der Waals surface area contributed by atoms with E-state index in [0.29, 0.717) is 0 Å². The quantitative estimate of drug-likeness (QED) is 0.559. The molecule has 0 unspecified atom stereocenters. The van der Waals surface area contributed by atoms with Crippen LogP contribution in [-0.2, 0) is 10.0 Å². The van der Waals surface area contributed by atoms with Gasteiger partial charge >= 0.3 is 0 Å². The highest BCUT2D eigenvalue weighted by Gasteiger charge is 2.23. The number of nitrogens with one attached hydrogen (secondary N) is 1. The number of nitrogens with zero attached hydrogens (tertiary/aromatic N) is 2. The van der Waals surface area contributed by atoms with Crippen LogP contribution in [0.4, 0.5) is 20.4 Å². The van der Waals surface area contributed by atoms with Crippen molar-refractivity contribution in [1.29, 1.82) is 0 Å². The maximum atomic E-state index is 14.9. The van der Waals surface area contributed by atoms with Crippen LogP contribution in [0.2, 0.25) is 5.02 Å². The first-order valence-electron chi connectivity index (χ1n) is 8.74. The van der Waals surface area contributed by atoms with Crippen molar-refractivity contribution in [2.45, 2.75) is 11.8 Å². The van der Waals surface area contributed by atoms with Crippen molar-refractivity contribution in [3.63, 3.8) is 0 Å². The van der Waals surface area contributed by atoms with E-state index in [1.54, 1.807) is 6.92 Å². The first kappa shape index (κ1) is 22.3. The fourth-order valence-electron chi connectivity index (χ4n) is 2.45. The molecule has 7 nitrogen and oxygen atoms in total. The molecule has 0 radical (unpaired) electrons. The number of aromatic nitrogens is 2. The minimum atomic E-state index is -4.32. The average molecular weight is 465 g/mol. The van der Waals surface area contributed by atoms with E-state index in [1.807, 2.05) is 0 Å². The smallest absolute Gasteiger partial charge is 0.265 e. The molecule has 1 heterocycles. The lowest BCUT2D eigenvalue weighted by Crippen LogP contribution is -2.16. The second-order valence-electron chi connectivity index (χ2n) is 5.99. The van der Waals surface area contributed by atoms with Gasteiger partial charge in [0.15, 0.2) is 5.82 Å². The van der Waals surface area contributed by atoms with Crippen LogP contribution in [0.25, 0.3) is 0 Å². The Bertz CT molecular complexity index is 1290. The van der Waals surface area contributed by atoms with Gasteiger partial charge in [-0.05, 0) is 37.3 Å². The molecule has 2 aromatic carbocycles. The van der Waals surface area contributed by atoms with E-state index in [1.165, 1.54) is 24.5 Å². The predicted octanol–water partition coefficient (Wildman–Crippen LogP) is 3.59. The van der Waals surface area contributed by atoms with Crippen molar-refractivity contribution in [3.05, 3.63) is 70.5 Å². The molecule has 31 heavy (non-hydrogen) atoms. The summed E-state index contributed by atoms with van der Waals surface area (Å²) >= 11 is 5.90. The summed E-state index contributed by atoms with van der Waals surface area (Å²) in [5.41, 5.74) is 4.51. The molecule has 0 saturated heterocycles. The van der Waals surface area contributed by atoms with Crippen LogP contribution >= 0.6 is 11.6 Å². The van der Waals surface area contributed by atoms with Crippen LogP contribution in [0, 0.1) is 23.5 Å². The molecule has 1 aromatic heterocycles. The predicted molar refractivity (Wildman–Crippen MR) is 112 cm³/mol. The molecule has 3 N–H and O–H groups in total. The van der Waals surface area contributed by atoms with Gasteiger partial charge in [0.2, 0.25) is 5.95 Å². The Hall–Kier alpha value is -3.42. The third-order valence-corrected chi connectivity index (χ3v) is 5.46. The first-order valence-corrected chi connectivity index (χ1v) is 10.6. The van der Waals surface area contributed by atoms with Crippen molar-refractivity contribution in [1.82, 2.24) is 9.97 Å². The van der Waals surface area contributed by atoms with Crippen molar-refractivity contribution in [2.75, 3.05) is 17.1 Å². The Kier molecular flexibility index (Phi) is 6.58. The summed E-state index contributed by atoms with van der Waals surface area (Å²) in [4.78, 5) is 7.16. The Balaban J connectivity index is 1.99. The molecule has 0 aliphatic rings. The largest absolute Gasteiger partial charge is 0.492 e. The maximum Gasteiger partial charge on any atom is 0.265 e. The summed E-state index contributed by atoms with van der Waals surface area (Å²) in [6, 6.07) is 5.85. The van der Waals surface area contributed by atoms with Crippen LogP contribution in [0.15, 0.2) is 47.6 Å². The monoisotopic (exact) mass is 464 g/mol. The SMILES string of the molecule is CCOc1ccc(Cl)cc1S(=O)(=O)Nc1ccc(F)c(C#Cc2cnc(N)nc2)c1F. The topological polar surface area (TPSA) is 107 Å².